The molecule has 0 aliphatic rings. The molecule has 0 amide bonds. The van der Waals surface area contributed by atoms with Gasteiger partial charge in [0.05, 0.1) is 0 Å². The van der Waals surface area contributed by atoms with E-state index in [0.29, 0.717) is 13.2 Å². The second-order valence-electron chi connectivity index (χ2n) is 4.52. The largest absolute Gasteiger partial charge is 0.490 e. The van der Waals surface area contributed by atoms with Gasteiger partial charge in [0, 0.05) is 9.50 Å². The Labute approximate surface area is 132 Å². The Hall–Kier alpha value is -1.19. The molecular formula is C16H16BrClO2. The molecule has 2 rings (SSSR count). The zero-order valence-electron chi connectivity index (χ0n) is 11.5. The number of hydrogen-bond acceptors (Lipinski definition) is 2. The summed E-state index contributed by atoms with van der Waals surface area (Å²) in [6, 6.07) is 11.6. The van der Waals surface area contributed by atoms with Crippen LogP contribution >= 0.6 is 27.5 Å². The molecule has 0 radical (unpaired) electrons. The molecule has 0 bridgehead atoms. The van der Waals surface area contributed by atoms with Crippen LogP contribution in [-0.4, -0.2) is 13.2 Å². The van der Waals surface area contributed by atoms with Crippen LogP contribution in [0.3, 0.4) is 0 Å². The predicted molar refractivity (Wildman–Crippen MR) is 86.1 cm³/mol. The van der Waals surface area contributed by atoms with Gasteiger partial charge in [-0.2, -0.15) is 0 Å². The van der Waals surface area contributed by atoms with Crippen molar-refractivity contribution in [3.05, 3.63) is 57.0 Å². The summed E-state index contributed by atoms with van der Waals surface area (Å²) in [7, 11) is 0. The van der Waals surface area contributed by atoms with Gasteiger partial charge in [0.25, 0.3) is 0 Å². The maximum absolute atomic E-state index is 6.12. The average Bonchev–Trinajstić information content (AvgIpc) is 2.43. The van der Waals surface area contributed by atoms with Crippen LogP contribution in [0.5, 0.6) is 11.5 Å². The molecule has 0 aliphatic carbocycles. The average molecular weight is 356 g/mol. The molecule has 106 valence electrons. The fraction of sp³-hybridized carbons (Fsp3) is 0.250. The number of benzene rings is 2. The molecule has 20 heavy (non-hydrogen) atoms. The molecule has 2 aromatic rings. The van der Waals surface area contributed by atoms with Crippen molar-refractivity contribution in [2.45, 2.75) is 13.8 Å². The van der Waals surface area contributed by atoms with E-state index in [-0.39, 0.29) is 0 Å². The predicted octanol–water partition coefficient (Wildman–Crippen LogP) is 5.18. The van der Waals surface area contributed by atoms with E-state index in [1.807, 2.05) is 50.2 Å². The summed E-state index contributed by atoms with van der Waals surface area (Å²) in [6.45, 7) is 4.94. The van der Waals surface area contributed by atoms with Gasteiger partial charge in [0.2, 0.25) is 0 Å². The Balaban J connectivity index is 1.83. The molecule has 4 heteroatoms. The Bertz CT molecular complexity index is 559. The third-order valence-corrected chi connectivity index (χ3v) is 3.97. The Morgan fingerprint density at radius 1 is 0.900 bits per heavy atom. The maximum atomic E-state index is 6.12. The van der Waals surface area contributed by atoms with Crippen molar-refractivity contribution >= 4 is 27.5 Å². The molecule has 0 unspecified atom stereocenters. The number of ether oxygens (including phenoxy) is 2. The van der Waals surface area contributed by atoms with Gasteiger partial charge < -0.3 is 9.47 Å². The topological polar surface area (TPSA) is 18.5 Å². The molecule has 0 N–H and O–H groups in total. The lowest BCUT2D eigenvalue weighted by atomic mass is 10.1. The minimum atomic E-state index is 0.497. The first-order chi connectivity index (χ1) is 9.56. The molecule has 2 nitrogen and oxygen atoms in total. The minimum absolute atomic E-state index is 0.497. The van der Waals surface area contributed by atoms with Crippen LogP contribution in [0, 0.1) is 13.8 Å². The first-order valence-electron chi connectivity index (χ1n) is 6.34. The fourth-order valence-electron chi connectivity index (χ4n) is 1.84. The third-order valence-electron chi connectivity index (χ3n) is 2.84. The van der Waals surface area contributed by atoms with E-state index in [2.05, 4.69) is 15.9 Å². The summed E-state index contributed by atoms with van der Waals surface area (Å²) in [6.07, 6.45) is 0. The van der Waals surface area contributed by atoms with Crippen LogP contribution < -0.4 is 9.47 Å². The molecule has 0 fully saturated rings. The van der Waals surface area contributed by atoms with Crippen molar-refractivity contribution in [3.8, 4) is 11.5 Å². The smallest absolute Gasteiger partial charge is 0.122 e. The highest BCUT2D eigenvalue weighted by Crippen LogP contribution is 2.25. The van der Waals surface area contributed by atoms with Gasteiger partial charge in [-0.05, 0) is 61.4 Å². The van der Waals surface area contributed by atoms with E-state index in [1.165, 1.54) is 0 Å². The Morgan fingerprint density at radius 2 is 1.40 bits per heavy atom. The molecule has 0 saturated carbocycles. The molecule has 0 spiro atoms. The highest BCUT2D eigenvalue weighted by molar-refractivity contribution is 9.10. The highest BCUT2D eigenvalue weighted by Gasteiger charge is 2.03. The van der Waals surface area contributed by atoms with Crippen LogP contribution in [-0.2, 0) is 0 Å². The van der Waals surface area contributed by atoms with E-state index in [9.17, 15) is 0 Å². The van der Waals surface area contributed by atoms with Gasteiger partial charge in [-0.3, -0.25) is 0 Å². The van der Waals surface area contributed by atoms with Crippen LogP contribution in [0.2, 0.25) is 5.02 Å². The van der Waals surface area contributed by atoms with Gasteiger partial charge in [-0.1, -0.05) is 27.5 Å². The quantitative estimate of drug-likeness (QED) is 0.688. The lowest BCUT2D eigenvalue weighted by molar-refractivity contribution is 0.217. The summed E-state index contributed by atoms with van der Waals surface area (Å²) >= 11 is 9.51. The normalized spacial score (nSPS) is 10.4. The second kappa shape index (κ2) is 7.00. The molecule has 0 atom stereocenters. The maximum Gasteiger partial charge on any atom is 0.122 e. The van der Waals surface area contributed by atoms with Crippen molar-refractivity contribution in [1.82, 2.24) is 0 Å². The monoisotopic (exact) mass is 354 g/mol. The number of aryl methyl sites for hydroxylation is 2. The summed E-state index contributed by atoms with van der Waals surface area (Å²) in [4.78, 5) is 0. The molecular weight excluding hydrogens is 340 g/mol. The zero-order valence-corrected chi connectivity index (χ0v) is 13.8. The first-order valence-corrected chi connectivity index (χ1v) is 7.51. The SMILES string of the molecule is Cc1cc(OCCOc2ccc(Br)cc2)cc(C)c1Cl. The minimum Gasteiger partial charge on any atom is -0.490 e. The highest BCUT2D eigenvalue weighted by atomic mass is 79.9. The summed E-state index contributed by atoms with van der Waals surface area (Å²) < 4.78 is 12.3. The van der Waals surface area contributed by atoms with Gasteiger partial charge in [-0.15, -0.1) is 0 Å². The lowest BCUT2D eigenvalue weighted by Crippen LogP contribution is -2.09. The summed E-state index contributed by atoms with van der Waals surface area (Å²) in [5, 5.41) is 0.795. The van der Waals surface area contributed by atoms with Crippen LogP contribution in [0.15, 0.2) is 40.9 Å². The van der Waals surface area contributed by atoms with Crippen LogP contribution in [0.1, 0.15) is 11.1 Å². The van der Waals surface area contributed by atoms with Gasteiger partial charge in [0.1, 0.15) is 24.7 Å². The lowest BCUT2D eigenvalue weighted by Gasteiger charge is -2.11. The van der Waals surface area contributed by atoms with E-state index in [0.717, 1.165) is 32.1 Å². The van der Waals surface area contributed by atoms with Crippen molar-refractivity contribution in [1.29, 1.82) is 0 Å². The summed E-state index contributed by atoms with van der Waals surface area (Å²) in [5.41, 5.74) is 2.05. The Kier molecular flexibility index (Phi) is 5.32. The standard InChI is InChI=1S/C16H16BrClO2/c1-11-9-15(10-12(2)16(11)18)20-8-7-19-14-5-3-13(17)4-6-14/h3-6,9-10H,7-8H2,1-2H3. The first kappa shape index (κ1) is 15.2. The number of halogens is 2. The van der Waals surface area contributed by atoms with E-state index in [4.69, 9.17) is 21.1 Å². The van der Waals surface area contributed by atoms with Crippen molar-refractivity contribution < 1.29 is 9.47 Å². The second-order valence-corrected chi connectivity index (χ2v) is 5.82. The number of hydrogen-bond donors (Lipinski definition) is 0. The van der Waals surface area contributed by atoms with E-state index < -0.39 is 0 Å². The molecule has 0 aromatic heterocycles. The number of rotatable bonds is 5. The van der Waals surface area contributed by atoms with Crippen LogP contribution in [0.25, 0.3) is 0 Å². The van der Waals surface area contributed by atoms with Crippen LogP contribution in [0.4, 0.5) is 0 Å². The summed E-state index contributed by atoms with van der Waals surface area (Å²) in [5.74, 6) is 1.66. The molecule has 0 saturated heterocycles. The molecule has 2 aromatic carbocycles. The van der Waals surface area contributed by atoms with E-state index in [1.54, 1.807) is 0 Å². The van der Waals surface area contributed by atoms with E-state index >= 15 is 0 Å². The van der Waals surface area contributed by atoms with Crippen molar-refractivity contribution in [2.24, 2.45) is 0 Å². The molecule has 0 aliphatic heterocycles. The zero-order chi connectivity index (χ0) is 14.5. The van der Waals surface area contributed by atoms with Gasteiger partial charge in [0.15, 0.2) is 0 Å². The van der Waals surface area contributed by atoms with Gasteiger partial charge in [-0.25, -0.2) is 0 Å². The molecule has 0 heterocycles. The van der Waals surface area contributed by atoms with Crippen molar-refractivity contribution in [2.75, 3.05) is 13.2 Å². The van der Waals surface area contributed by atoms with Gasteiger partial charge >= 0.3 is 0 Å². The van der Waals surface area contributed by atoms with Crippen molar-refractivity contribution in [3.63, 3.8) is 0 Å². The third kappa shape index (κ3) is 4.15. The Morgan fingerprint density at radius 3 is 1.95 bits per heavy atom. The fourth-order valence-corrected chi connectivity index (χ4v) is 2.21.